The number of nitrogens with two attached hydrogens (primary N) is 1. The van der Waals surface area contributed by atoms with E-state index in [1.165, 1.54) is 10.4 Å². The highest BCUT2D eigenvalue weighted by Gasteiger charge is 2.35. The largest absolute Gasteiger partial charge is 0.315 e. The van der Waals surface area contributed by atoms with E-state index in [2.05, 4.69) is 15.9 Å². The van der Waals surface area contributed by atoms with Crippen molar-refractivity contribution in [2.24, 2.45) is 11.7 Å². The quantitative estimate of drug-likeness (QED) is 0.874. The summed E-state index contributed by atoms with van der Waals surface area (Å²) in [6.07, 6.45) is 1.28. The van der Waals surface area contributed by atoms with E-state index in [4.69, 9.17) is 17.3 Å². The Morgan fingerprint density at radius 3 is 2.79 bits per heavy atom. The monoisotopic (exact) mass is 366 g/mol. The molecule has 1 fully saturated rings. The highest BCUT2D eigenvalue weighted by Crippen LogP contribution is 2.31. The van der Waals surface area contributed by atoms with E-state index in [9.17, 15) is 8.42 Å². The number of halogens is 2. The maximum absolute atomic E-state index is 12.6. The first kappa shape index (κ1) is 15.3. The van der Waals surface area contributed by atoms with Crippen LogP contribution in [0.4, 0.5) is 0 Å². The normalized spacial score (nSPS) is 25.5. The van der Waals surface area contributed by atoms with Gasteiger partial charge in [-0.2, -0.15) is 4.31 Å². The van der Waals surface area contributed by atoms with Crippen LogP contribution >= 0.6 is 27.5 Å². The van der Waals surface area contributed by atoms with Crippen molar-refractivity contribution in [2.45, 2.75) is 30.8 Å². The Hall–Kier alpha value is -0.140. The van der Waals surface area contributed by atoms with Gasteiger partial charge in [0, 0.05) is 11.0 Å². The lowest BCUT2D eigenvalue weighted by molar-refractivity contribution is 0.192. The molecule has 1 aromatic rings. The van der Waals surface area contributed by atoms with E-state index in [0.29, 0.717) is 6.54 Å². The SMILES string of the molecule is CC1CCCN(S(=O)(=O)c2ccc(Br)cc2Cl)C1N. The minimum Gasteiger partial charge on any atom is -0.315 e. The summed E-state index contributed by atoms with van der Waals surface area (Å²) in [4.78, 5) is 0.113. The molecule has 2 rings (SSSR count). The first-order chi connectivity index (χ1) is 8.84. The molecular formula is C12H16BrClN2O2S. The minimum atomic E-state index is -3.64. The molecule has 2 atom stereocenters. The molecule has 7 heteroatoms. The van der Waals surface area contributed by atoms with Crippen molar-refractivity contribution in [3.63, 3.8) is 0 Å². The summed E-state index contributed by atoms with van der Waals surface area (Å²) >= 11 is 9.30. The molecule has 2 N–H and O–H groups in total. The predicted molar refractivity (Wildman–Crippen MR) is 79.4 cm³/mol. The number of sulfonamides is 1. The molecule has 106 valence electrons. The van der Waals surface area contributed by atoms with Gasteiger partial charge in [0.15, 0.2) is 0 Å². The molecule has 1 aromatic carbocycles. The van der Waals surface area contributed by atoms with Gasteiger partial charge < -0.3 is 5.73 Å². The van der Waals surface area contributed by atoms with E-state index in [0.717, 1.165) is 17.3 Å². The van der Waals surface area contributed by atoms with Gasteiger partial charge in [-0.1, -0.05) is 34.5 Å². The number of rotatable bonds is 2. The lowest BCUT2D eigenvalue weighted by Gasteiger charge is -2.36. The van der Waals surface area contributed by atoms with Crippen molar-refractivity contribution in [1.29, 1.82) is 0 Å². The molecule has 1 heterocycles. The van der Waals surface area contributed by atoms with E-state index >= 15 is 0 Å². The van der Waals surface area contributed by atoms with Crippen molar-refractivity contribution in [3.05, 3.63) is 27.7 Å². The smallest absolute Gasteiger partial charge is 0.245 e. The molecule has 0 amide bonds. The molecule has 0 aliphatic carbocycles. The second-order valence-electron chi connectivity index (χ2n) is 4.80. The molecule has 1 aliphatic rings. The summed E-state index contributed by atoms with van der Waals surface area (Å²) in [5.74, 6) is 0.151. The summed E-state index contributed by atoms with van der Waals surface area (Å²) in [6.45, 7) is 2.41. The summed E-state index contributed by atoms with van der Waals surface area (Å²) in [5.41, 5.74) is 6.02. The van der Waals surface area contributed by atoms with Gasteiger partial charge in [-0.3, -0.25) is 0 Å². The van der Waals surface area contributed by atoms with Crippen LogP contribution in [0.25, 0.3) is 0 Å². The number of hydrogen-bond acceptors (Lipinski definition) is 3. The van der Waals surface area contributed by atoms with Crippen molar-refractivity contribution in [3.8, 4) is 0 Å². The molecule has 0 bridgehead atoms. The first-order valence-electron chi connectivity index (χ1n) is 6.06. The summed E-state index contributed by atoms with van der Waals surface area (Å²) in [7, 11) is -3.64. The summed E-state index contributed by atoms with van der Waals surface area (Å²) < 4.78 is 27.3. The number of nitrogens with zero attached hydrogens (tertiary/aromatic N) is 1. The molecular weight excluding hydrogens is 352 g/mol. The van der Waals surface area contributed by atoms with Gasteiger partial charge >= 0.3 is 0 Å². The number of hydrogen-bond donors (Lipinski definition) is 1. The van der Waals surface area contributed by atoms with E-state index in [-0.39, 0.29) is 15.8 Å². The van der Waals surface area contributed by atoms with Crippen molar-refractivity contribution in [2.75, 3.05) is 6.54 Å². The Balaban J connectivity index is 2.41. The minimum absolute atomic E-state index is 0.113. The van der Waals surface area contributed by atoms with Crippen molar-refractivity contribution < 1.29 is 8.42 Å². The fraction of sp³-hybridized carbons (Fsp3) is 0.500. The average molecular weight is 368 g/mol. The molecule has 0 aromatic heterocycles. The number of piperidine rings is 1. The van der Waals surface area contributed by atoms with Gasteiger partial charge in [0.2, 0.25) is 10.0 Å². The molecule has 2 unspecified atom stereocenters. The summed E-state index contributed by atoms with van der Waals surface area (Å²) in [6, 6.07) is 4.75. The average Bonchev–Trinajstić information content (AvgIpc) is 2.31. The zero-order valence-corrected chi connectivity index (χ0v) is 13.7. The van der Waals surface area contributed by atoms with Crippen LogP contribution < -0.4 is 5.73 Å². The Labute approximate surface area is 127 Å². The van der Waals surface area contributed by atoms with Gasteiger partial charge in [-0.15, -0.1) is 0 Å². The van der Waals surface area contributed by atoms with E-state index < -0.39 is 16.2 Å². The van der Waals surface area contributed by atoms with Crippen LogP contribution in [0.3, 0.4) is 0 Å². The maximum Gasteiger partial charge on any atom is 0.245 e. The van der Waals surface area contributed by atoms with Gasteiger partial charge in [-0.05, 0) is 37.0 Å². The molecule has 0 spiro atoms. The molecule has 1 aliphatic heterocycles. The van der Waals surface area contributed by atoms with Crippen LogP contribution in [0.15, 0.2) is 27.6 Å². The number of benzene rings is 1. The zero-order valence-electron chi connectivity index (χ0n) is 10.5. The predicted octanol–water partition coefficient (Wildman–Crippen LogP) is 2.81. The highest BCUT2D eigenvalue weighted by molar-refractivity contribution is 9.10. The van der Waals surface area contributed by atoms with Crippen LogP contribution in [0.1, 0.15) is 19.8 Å². The van der Waals surface area contributed by atoms with E-state index in [1.807, 2.05) is 6.92 Å². The second kappa shape index (κ2) is 5.69. The van der Waals surface area contributed by atoms with Gasteiger partial charge in [0.25, 0.3) is 0 Å². The standard InChI is InChI=1S/C12H16BrClN2O2S/c1-8-3-2-6-16(12(8)15)19(17,18)11-5-4-9(13)7-10(11)14/h4-5,7-8,12H,2-3,6,15H2,1H3. The molecule has 19 heavy (non-hydrogen) atoms. The van der Waals surface area contributed by atoms with Crippen molar-refractivity contribution in [1.82, 2.24) is 4.31 Å². The van der Waals surface area contributed by atoms with Crippen LogP contribution in [0.2, 0.25) is 5.02 Å². The Bertz CT molecular complexity index is 579. The van der Waals surface area contributed by atoms with Crippen LogP contribution in [0, 0.1) is 5.92 Å². The maximum atomic E-state index is 12.6. The fourth-order valence-electron chi connectivity index (χ4n) is 2.26. The third-order valence-electron chi connectivity index (χ3n) is 3.43. The van der Waals surface area contributed by atoms with Gasteiger partial charge in [0.1, 0.15) is 4.90 Å². The third-order valence-corrected chi connectivity index (χ3v) is 6.31. The lowest BCUT2D eigenvalue weighted by atomic mass is 9.99. The topological polar surface area (TPSA) is 63.4 Å². The second-order valence-corrected chi connectivity index (χ2v) is 7.98. The van der Waals surface area contributed by atoms with Crippen molar-refractivity contribution >= 4 is 37.6 Å². The Kier molecular flexibility index (Phi) is 4.57. The molecule has 4 nitrogen and oxygen atoms in total. The Morgan fingerprint density at radius 1 is 1.47 bits per heavy atom. The van der Waals surface area contributed by atoms with E-state index in [1.54, 1.807) is 12.1 Å². The molecule has 0 saturated carbocycles. The lowest BCUT2D eigenvalue weighted by Crippen LogP contribution is -2.52. The van der Waals surface area contributed by atoms with Crippen LogP contribution in [-0.4, -0.2) is 25.4 Å². The van der Waals surface area contributed by atoms with Gasteiger partial charge in [0.05, 0.1) is 11.2 Å². The first-order valence-corrected chi connectivity index (χ1v) is 8.67. The summed E-state index contributed by atoms with van der Waals surface area (Å²) in [5, 5.41) is 0.208. The van der Waals surface area contributed by atoms with Gasteiger partial charge in [-0.25, -0.2) is 8.42 Å². The van der Waals surface area contributed by atoms with Crippen LogP contribution in [0.5, 0.6) is 0 Å². The highest BCUT2D eigenvalue weighted by atomic mass is 79.9. The Morgan fingerprint density at radius 2 is 2.16 bits per heavy atom. The third kappa shape index (κ3) is 2.97. The molecule has 0 radical (unpaired) electrons. The van der Waals surface area contributed by atoms with Crippen LogP contribution in [-0.2, 0) is 10.0 Å². The zero-order chi connectivity index (χ0) is 14.2. The fourth-order valence-corrected chi connectivity index (χ4v) is 4.93. The molecule has 1 saturated heterocycles.